The Morgan fingerprint density at radius 1 is 1.47 bits per heavy atom. The lowest BCUT2D eigenvalue weighted by molar-refractivity contribution is 0.472. The number of nitrogens with zero attached hydrogens (tertiary/aromatic N) is 4. The number of hydrogen-bond donors (Lipinski definition) is 1. The van der Waals surface area contributed by atoms with Crippen LogP contribution in [0.3, 0.4) is 0 Å². The molecule has 2 aromatic rings. The molecule has 0 aliphatic rings. The van der Waals surface area contributed by atoms with Crippen molar-refractivity contribution in [3.63, 3.8) is 0 Å². The molecule has 0 aliphatic carbocycles. The quantitative estimate of drug-likeness (QED) is 0.686. The minimum absolute atomic E-state index is 0.209. The number of phenols is 1. The van der Waals surface area contributed by atoms with E-state index in [1.165, 1.54) is 11.8 Å². The molecule has 5 nitrogen and oxygen atoms in total. The van der Waals surface area contributed by atoms with Crippen molar-refractivity contribution < 1.29 is 5.11 Å². The fraction of sp³-hybridized carbons (Fsp3) is 0.250. The van der Waals surface area contributed by atoms with E-state index in [0.29, 0.717) is 4.47 Å². The summed E-state index contributed by atoms with van der Waals surface area (Å²) in [6.07, 6.45) is 4.42. The topological polar surface area (TPSA) is 63.3 Å². The van der Waals surface area contributed by atoms with Crippen LogP contribution in [0.25, 0.3) is 0 Å². The van der Waals surface area contributed by atoms with Gasteiger partial charge in [-0.25, -0.2) is 0 Å². The molecule has 100 valence electrons. The van der Waals surface area contributed by atoms with Crippen LogP contribution in [0.4, 0.5) is 0 Å². The van der Waals surface area contributed by atoms with Gasteiger partial charge in [0.1, 0.15) is 5.75 Å². The van der Waals surface area contributed by atoms with E-state index in [1.807, 2.05) is 13.2 Å². The van der Waals surface area contributed by atoms with Crippen LogP contribution in [0.1, 0.15) is 18.3 Å². The lowest BCUT2D eigenvalue weighted by Crippen LogP contribution is -1.98. The van der Waals surface area contributed by atoms with Crippen molar-refractivity contribution >= 4 is 33.9 Å². The van der Waals surface area contributed by atoms with Crippen molar-refractivity contribution in [1.82, 2.24) is 14.9 Å². The van der Waals surface area contributed by atoms with Crippen LogP contribution in [0.2, 0.25) is 0 Å². The van der Waals surface area contributed by atoms with Gasteiger partial charge in [0.15, 0.2) is 5.82 Å². The second-order valence-corrected chi connectivity index (χ2v) is 5.35. The maximum Gasteiger partial charge on any atom is 0.211 e. The van der Waals surface area contributed by atoms with Gasteiger partial charge < -0.3 is 5.11 Å². The van der Waals surface area contributed by atoms with Crippen molar-refractivity contribution in [3.8, 4) is 5.75 Å². The van der Waals surface area contributed by atoms with E-state index < -0.39 is 0 Å². The Morgan fingerprint density at radius 2 is 2.26 bits per heavy atom. The Morgan fingerprint density at radius 3 is 2.89 bits per heavy atom. The van der Waals surface area contributed by atoms with E-state index in [1.54, 1.807) is 29.1 Å². The molecule has 0 bridgehead atoms. The SMILES string of the molecule is CCc1nnc(SC)n1/N=C\c1ccc(O)c(Br)c1. The number of aromatic nitrogens is 3. The van der Waals surface area contributed by atoms with Crippen LogP contribution in [-0.4, -0.2) is 32.5 Å². The molecular formula is C12H13BrN4OS. The fourth-order valence-corrected chi connectivity index (χ4v) is 2.33. The van der Waals surface area contributed by atoms with Crippen LogP contribution in [-0.2, 0) is 6.42 Å². The van der Waals surface area contributed by atoms with Crippen LogP contribution in [0, 0.1) is 0 Å². The number of phenolic OH excluding ortho intramolecular Hbond substituents is 1. The molecule has 0 spiro atoms. The molecule has 1 aromatic heterocycles. The van der Waals surface area contributed by atoms with Gasteiger partial charge in [-0.15, -0.1) is 10.2 Å². The van der Waals surface area contributed by atoms with E-state index >= 15 is 0 Å². The van der Waals surface area contributed by atoms with E-state index in [4.69, 9.17) is 0 Å². The summed E-state index contributed by atoms with van der Waals surface area (Å²) in [6, 6.07) is 5.21. The summed E-state index contributed by atoms with van der Waals surface area (Å²) in [5.41, 5.74) is 0.882. The summed E-state index contributed by atoms with van der Waals surface area (Å²) in [5, 5.41) is 22.7. The van der Waals surface area contributed by atoms with Crippen molar-refractivity contribution in [3.05, 3.63) is 34.1 Å². The predicted molar refractivity (Wildman–Crippen MR) is 80.0 cm³/mol. The number of benzene rings is 1. The van der Waals surface area contributed by atoms with Crippen molar-refractivity contribution in [2.45, 2.75) is 18.5 Å². The maximum atomic E-state index is 9.44. The number of rotatable bonds is 4. The summed E-state index contributed by atoms with van der Waals surface area (Å²) in [6.45, 7) is 2.01. The minimum atomic E-state index is 0.209. The fourth-order valence-electron chi connectivity index (χ4n) is 1.49. The Labute approximate surface area is 123 Å². The molecule has 0 unspecified atom stereocenters. The van der Waals surface area contributed by atoms with Crippen LogP contribution < -0.4 is 0 Å². The monoisotopic (exact) mass is 340 g/mol. The first kappa shape index (κ1) is 14.1. The largest absolute Gasteiger partial charge is 0.507 e. The average Bonchev–Trinajstić information content (AvgIpc) is 2.82. The lowest BCUT2D eigenvalue weighted by Gasteiger charge is -2.01. The van der Waals surface area contributed by atoms with Gasteiger partial charge in [-0.3, -0.25) is 0 Å². The van der Waals surface area contributed by atoms with Crippen molar-refractivity contribution in [1.29, 1.82) is 0 Å². The Kier molecular flexibility index (Phi) is 4.60. The van der Waals surface area contributed by atoms with Crippen LogP contribution >= 0.6 is 27.7 Å². The highest BCUT2D eigenvalue weighted by Gasteiger charge is 2.08. The second kappa shape index (κ2) is 6.21. The number of aryl methyl sites for hydroxylation is 1. The van der Waals surface area contributed by atoms with Gasteiger partial charge in [-0.1, -0.05) is 18.7 Å². The van der Waals surface area contributed by atoms with Gasteiger partial charge >= 0.3 is 0 Å². The van der Waals surface area contributed by atoms with Gasteiger partial charge in [0.05, 0.1) is 10.7 Å². The zero-order valence-corrected chi connectivity index (χ0v) is 12.9. The highest BCUT2D eigenvalue weighted by Crippen LogP contribution is 2.23. The predicted octanol–water partition coefficient (Wildman–Crippen LogP) is 2.91. The minimum Gasteiger partial charge on any atom is -0.507 e. The van der Waals surface area contributed by atoms with Crippen LogP contribution in [0.5, 0.6) is 5.75 Å². The highest BCUT2D eigenvalue weighted by atomic mass is 79.9. The standard InChI is InChI=1S/C12H13BrN4OS/c1-3-11-15-16-12(19-2)17(11)14-7-8-4-5-10(18)9(13)6-8/h4-7,18H,3H2,1-2H3/b14-7-. The molecule has 0 saturated heterocycles. The molecule has 0 saturated carbocycles. The maximum absolute atomic E-state index is 9.44. The summed E-state index contributed by atoms with van der Waals surface area (Å²) >= 11 is 4.77. The first-order valence-corrected chi connectivity index (χ1v) is 7.68. The number of hydrogen-bond acceptors (Lipinski definition) is 5. The third kappa shape index (κ3) is 3.16. The average molecular weight is 341 g/mol. The zero-order chi connectivity index (χ0) is 13.8. The summed E-state index contributed by atoms with van der Waals surface area (Å²) in [7, 11) is 0. The van der Waals surface area contributed by atoms with Crippen molar-refractivity contribution in [2.24, 2.45) is 5.10 Å². The molecule has 19 heavy (non-hydrogen) atoms. The molecule has 0 fully saturated rings. The summed E-state index contributed by atoms with van der Waals surface area (Å²) in [4.78, 5) is 0. The molecule has 7 heteroatoms. The molecule has 0 aliphatic heterocycles. The molecule has 2 rings (SSSR count). The third-order valence-electron chi connectivity index (χ3n) is 2.47. The van der Waals surface area contributed by atoms with Gasteiger partial charge in [0, 0.05) is 6.42 Å². The molecule has 0 radical (unpaired) electrons. The molecular weight excluding hydrogens is 328 g/mol. The Balaban J connectivity index is 2.31. The first-order chi connectivity index (χ1) is 9.15. The number of thioether (sulfide) groups is 1. The molecule has 0 atom stereocenters. The smallest absolute Gasteiger partial charge is 0.211 e. The zero-order valence-electron chi connectivity index (χ0n) is 10.5. The Bertz CT molecular complexity index is 590. The number of halogens is 1. The van der Waals surface area contributed by atoms with Gasteiger partial charge in [-0.2, -0.15) is 9.78 Å². The second-order valence-electron chi connectivity index (χ2n) is 3.72. The first-order valence-electron chi connectivity index (χ1n) is 5.66. The van der Waals surface area contributed by atoms with Gasteiger partial charge in [-0.05, 0) is 45.9 Å². The van der Waals surface area contributed by atoms with E-state index in [2.05, 4.69) is 31.2 Å². The summed E-state index contributed by atoms with van der Waals surface area (Å²) in [5.74, 6) is 1.03. The van der Waals surface area contributed by atoms with E-state index in [0.717, 1.165) is 23.0 Å². The third-order valence-corrected chi connectivity index (χ3v) is 3.72. The van der Waals surface area contributed by atoms with E-state index in [9.17, 15) is 5.11 Å². The lowest BCUT2D eigenvalue weighted by atomic mass is 10.2. The van der Waals surface area contributed by atoms with Crippen molar-refractivity contribution in [2.75, 3.05) is 6.26 Å². The van der Waals surface area contributed by atoms with E-state index in [-0.39, 0.29) is 5.75 Å². The normalized spacial score (nSPS) is 11.3. The molecule has 0 amide bonds. The van der Waals surface area contributed by atoms with Crippen LogP contribution in [0.15, 0.2) is 32.9 Å². The summed E-state index contributed by atoms with van der Waals surface area (Å²) < 4.78 is 2.37. The molecule has 1 aromatic carbocycles. The molecule has 1 heterocycles. The Hall–Kier alpha value is -1.34. The van der Waals surface area contributed by atoms with Gasteiger partial charge in [0.25, 0.3) is 0 Å². The highest BCUT2D eigenvalue weighted by molar-refractivity contribution is 9.10. The number of aromatic hydroxyl groups is 1. The molecule has 1 N–H and O–H groups in total. The van der Waals surface area contributed by atoms with Gasteiger partial charge in [0.2, 0.25) is 5.16 Å².